The Morgan fingerprint density at radius 1 is 1.50 bits per heavy atom. The van der Waals surface area contributed by atoms with Gasteiger partial charge < -0.3 is 10.3 Å². The van der Waals surface area contributed by atoms with E-state index < -0.39 is 5.82 Å². The number of nitrogens with zero attached hydrogens (tertiary/aromatic N) is 2. The minimum Gasteiger partial charge on any atom is -0.339 e. The van der Waals surface area contributed by atoms with E-state index in [1.165, 1.54) is 18.2 Å². The summed E-state index contributed by atoms with van der Waals surface area (Å²) in [5, 5.41) is 4.08. The zero-order valence-electron chi connectivity index (χ0n) is 9.86. The van der Waals surface area contributed by atoms with Crippen molar-refractivity contribution < 1.29 is 8.91 Å². The van der Waals surface area contributed by atoms with E-state index in [1.807, 2.05) is 6.92 Å². The maximum absolute atomic E-state index is 12.9. The van der Waals surface area contributed by atoms with Crippen LogP contribution in [0.25, 0.3) is 11.4 Å². The second-order valence-electron chi connectivity index (χ2n) is 4.15. The highest BCUT2D eigenvalue weighted by Crippen LogP contribution is 2.26. The van der Waals surface area contributed by atoms with E-state index in [9.17, 15) is 4.39 Å². The van der Waals surface area contributed by atoms with Gasteiger partial charge in [-0.3, -0.25) is 0 Å². The van der Waals surface area contributed by atoms with Crippen molar-refractivity contribution in [2.45, 2.75) is 25.8 Å². The normalized spacial score (nSPS) is 12.7. The Labute approximate surface area is 109 Å². The molecule has 0 aliphatic rings. The van der Waals surface area contributed by atoms with E-state index in [0.717, 1.165) is 6.42 Å². The minimum atomic E-state index is -0.399. The number of hydrogen-bond acceptors (Lipinski definition) is 4. The predicted molar refractivity (Wildman–Crippen MR) is 66.7 cm³/mol. The smallest absolute Gasteiger partial charge is 0.227 e. The van der Waals surface area contributed by atoms with E-state index in [-0.39, 0.29) is 11.1 Å². The van der Waals surface area contributed by atoms with Crippen LogP contribution in [0, 0.1) is 5.82 Å². The van der Waals surface area contributed by atoms with Gasteiger partial charge in [-0.1, -0.05) is 16.8 Å². The lowest BCUT2D eigenvalue weighted by molar-refractivity contribution is 0.372. The second kappa shape index (κ2) is 5.46. The molecule has 1 aromatic carbocycles. The molecule has 18 heavy (non-hydrogen) atoms. The van der Waals surface area contributed by atoms with Crippen molar-refractivity contribution in [3.05, 3.63) is 34.9 Å². The van der Waals surface area contributed by atoms with Crippen molar-refractivity contribution in [3.63, 3.8) is 0 Å². The lowest BCUT2D eigenvalue weighted by Gasteiger charge is -1.99. The number of rotatable bonds is 4. The Morgan fingerprint density at radius 2 is 2.28 bits per heavy atom. The average Bonchev–Trinajstić information content (AvgIpc) is 2.75. The largest absolute Gasteiger partial charge is 0.339 e. The van der Waals surface area contributed by atoms with Gasteiger partial charge in [0, 0.05) is 18.0 Å². The molecular weight excluding hydrogens is 257 g/mol. The Kier molecular flexibility index (Phi) is 3.93. The molecule has 0 saturated carbocycles. The van der Waals surface area contributed by atoms with Crippen molar-refractivity contribution in [1.82, 2.24) is 10.1 Å². The first-order chi connectivity index (χ1) is 8.56. The van der Waals surface area contributed by atoms with Gasteiger partial charge in [-0.05, 0) is 31.5 Å². The summed E-state index contributed by atoms with van der Waals surface area (Å²) in [6.07, 6.45) is 1.38. The summed E-state index contributed by atoms with van der Waals surface area (Å²) in [4.78, 5) is 4.20. The monoisotopic (exact) mass is 269 g/mol. The van der Waals surface area contributed by atoms with Crippen LogP contribution in [-0.4, -0.2) is 16.2 Å². The molecular formula is C12H13ClFN3O. The van der Waals surface area contributed by atoms with E-state index >= 15 is 0 Å². The Balaban J connectivity index is 2.18. The molecule has 0 spiro atoms. The fourth-order valence-electron chi connectivity index (χ4n) is 1.49. The van der Waals surface area contributed by atoms with Crippen molar-refractivity contribution in [2.75, 3.05) is 0 Å². The molecule has 96 valence electrons. The summed E-state index contributed by atoms with van der Waals surface area (Å²) in [5.41, 5.74) is 6.20. The molecule has 2 rings (SSSR count). The zero-order chi connectivity index (χ0) is 13.1. The van der Waals surface area contributed by atoms with Crippen LogP contribution < -0.4 is 5.73 Å². The molecule has 0 saturated heterocycles. The first-order valence-electron chi connectivity index (χ1n) is 5.60. The molecule has 0 fully saturated rings. The first kappa shape index (κ1) is 13.0. The van der Waals surface area contributed by atoms with Crippen molar-refractivity contribution >= 4 is 11.6 Å². The van der Waals surface area contributed by atoms with Crippen LogP contribution in [-0.2, 0) is 6.42 Å². The van der Waals surface area contributed by atoms with Gasteiger partial charge in [-0.25, -0.2) is 4.39 Å². The van der Waals surface area contributed by atoms with E-state index in [2.05, 4.69) is 10.1 Å². The van der Waals surface area contributed by atoms with Gasteiger partial charge in [0.05, 0.1) is 5.02 Å². The third-order valence-corrected chi connectivity index (χ3v) is 2.77. The molecule has 6 heteroatoms. The van der Waals surface area contributed by atoms with E-state index in [1.54, 1.807) is 0 Å². The minimum absolute atomic E-state index is 0.0785. The summed E-state index contributed by atoms with van der Waals surface area (Å²) in [6, 6.07) is 4.13. The van der Waals surface area contributed by atoms with Gasteiger partial charge in [0.25, 0.3) is 0 Å². The number of nitrogens with two attached hydrogens (primary N) is 1. The molecule has 1 atom stereocenters. The van der Waals surface area contributed by atoms with Gasteiger partial charge >= 0.3 is 0 Å². The average molecular weight is 270 g/mol. The van der Waals surface area contributed by atoms with Gasteiger partial charge in [0.1, 0.15) is 5.82 Å². The highest BCUT2D eigenvalue weighted by Gasteiger charge is 2.12. The standard InChI is InChI=1S/C12H13ClFN3O/c1-7(15)2-5-11-16-12(17-18-11)9-4-3-8(14)6-10(9)13/h3-4,6-7H,2,5,15H2,1H3. The van der Waals surface area contributed by atoms with E-state index in [4.69, 9.17) is 21.9 Å². The Morgan fingerprint density at radius 3 is 2.94 bits per heavy atom. The maximum Gasteiger partial charge on any atom is 0.227 e. The maximum atomic E-state index is 12.9. The van der Waals surface area contributed by atoms with E-state index in [0.29, 0.717) is 23.7 Å². The number of aryl methyl sites for hydroxylation is 1. The van der Waals surface area contributed by atoms with Crippen LogP contribution in [0.5, 0.6) is 0 Å². The third-order valence-electron chi connectivity index (χ3n) is 2.45. The van der Waals surface area contributed by atoms with Crippen LogP contribution in [0.1, 0.15) is 19.2 Å². The number of aromatic nitrogens is 2. The van der Waals surface area contributed by atoms with Gasteiger partial charge in [-0.2, -0.15) is 4.98 Å². The first-order valence-corrected chi connectivity index (χ1v) is 5.97. The second-order valence-corrected chi connectivity index (χ2v) is 4.56. The quantitative estimate of drug-likeness (QED) is 0.927. The SMILES string of the molecule is CC(N)CCc1nc(-c2ccc(F)cc2Cl)no1. The number of halogens is 2. The molecule has 0 aliphatic heterocycles. The molecule has 2 aromatic rings. The van der Waals surface area contributed by atoms with Crippen LogP contribution in [0.2, 0.25) is 5.02 Å². The molecule has 1 heterocycles. The molecule has 0 aliphatic carbocycles. The molecule has 0 bridgehead atoms. The summed E-state index contributed by atoms with van der Waals surface area (Å²) in [5.74, 6) is 0.465. The topological polar surface area (TPSA) is 64.9 Å². The highest BCUT2D eigenvalue weighted by atomic mass is 35.5. The summed E-state index contributed by atoms with van der Waals surface area (Å²) in [7, 11) is 0. The third kappa shape index (κ3) is 3.05. The van der Waals surface area contributed by atoms with Crippen molar-refractivity contribution in [2.24, 2.45) is 5.73 Å². The summed E-state index contributed by atoms with van der Waals surface area (Å²) < 4.78 is 18.0. The van der Waals surface area contributed by atoms with Gasteiger partial charge in [-0.15, -0.1) is 0 Å². The van der Waals surface area contributed by atoms with Crippen molar-refractivity contribution in [1.29, 1.82) is 0 Å². The zero-order valence-corrected chi connectivity index (χ0v) is 10.6. The highest BCUT2D eigenvalue weighted by molar-refractivity contribution is 6.33. The van der Waals surface area contributed by atoms with Crippen LogP contribution in [0.15, 0.2) is 22.7 Å². The molecule has 1 aromatic heterocycles. The molecule has 1 unspecified atom stereocenters. The lowest BCUT2D eigenvalue weighted by Crippen LogP contribution is -2.15. The fraction of sp³-hybridized carbons (Fsp3) is 0.333. The van der Waals surface area contributed by atoms with Gasteiger partial charge in [0.15, 0.2) is 0 Å². The number of hydrogen-bond donors (Lipinski definition) is 1. The molecule has 2 N–H and O–H groups in total. The molecule has 0 amide bonds. The Bertz CT molecular complexity index is 542. The molecule has 0 radical (unpaired) electrons. The van der Waals surface area contributed by atoms with Crippen LogP contribution in [0.4, 0.5) is 4.39 Å². The summed E-state index contributed by atoms with van der Waals surface area (Å²) in [6.45, 7) is 1.91. The predicted octanol–water partition coefficient (Wildman–Crippen LogP) is 2.81. The molecule has 4 nitrogen and oxygen atoms in total. The fourth-order valence-corrected chi connectivity index (χ4v) is 1.74. The van der Waals surface area contributed by atoms with Crippen molar-refractivity contribution in [3.8, 4) is 11.4 Å². The van der Waals surface area contributed by atoms with Crippen LogP contribution in [0.3, 0.4) is 0 Å². The van der Waals surface area contributed by atoms with Crippen LogP contribution >= 0.6 is 11.6 Å². The van der Waals surface area contributed by atoms with Gasteiger partial charge in [0.2, 0.25) is 11.7 Å². The number of benzene rings is 1. The Hall–Kier alpha value is -1.46. The summed E-state index contributed by atoms with van der Waals surface area (Å²) >= 11 is 5.92. The lowest BCUT2D eigenvalue weighted by atomic mass is 10.2.